The summed E-state index contributed by atoms with van der Waals surface area (Å²) in [5, 5.41) is 0. The van der Waals surface area contributed by atoms with Gasteiger partial charge in [-0.2, -0.15) is 4.99 Å². The van der Waals surface area contributed by atoms with E-state index in [-0.39, 0.29) is 11.3 Å². The van der Waals surface area contributed by atoms with Crippen molar-refractivity contribution in [1.29, 1.82) is 0 Å². The Labute approximate surface area is 184 Å². The number of sulfone groups is 1. The summed E-state index contributed by atoms with van der Waals surface area (Å²) in [7, 11) is -2.71. The van der Waals surface area contributed by atoms with Crippen LogP contribution in [0.25, 0.3) is 10.2 Å². The summed E-state index contributed by atoms with van der Waals surface area (Å²) in [5.74, 6) is -2.95. The fourth-order valence-electron chi connectivity index (χ4n) is 3.37. The summed E-state index contributed by atoms with van der Waals surface area (Å²) in [6, 6.07) is 7.18. The van der Waals surface area contributed by atoms with Gasteiger partial charge in [0.15, 0.2) is 14.6 Å². The second kappa shape index (κ2) is 9.73. The SMILES string of the molecule is COC(=O)Cn1c(=NC(=O)CS(=O)(=O)CC(=O)N2CCC(C)CC2)sc2ccccc21. The van der Waals surface area contributed by atoms with E-state index in [1.165, 1.54) is 27.9 Å². The van der Waals surface area contributed by atoms with E-state index >= 15 is 0 Å². The van der Waals surface area contributed by atoms with Crippen molar-refractivity contribution < 1.29 is 27.5 Å². The van der Waals surface area contributed by atoms with Gasteiger partial charge in [-0.15, -0.1) is 0 Å². The van der Waals surface area contributed by atoms with E-state index in [0.29, 0.717) is 24.5 Å². The molecule has 2 heterocycles. The van der Waals surface area contributed by atoms with Gasteiger partial charge in [0.25, 0.3) is 5.91 Å². The zero-order valence-electron chi connectivity index (χ0n) is 17.4. The van der Waals surface area contributed by atoms with Crippen LogP contribution in [0.4, 0.5) is 0 Å². The monoisotopic (exact) mass is 467 g/mol. The van der Waals surface area contributed by atoms with Gasteiger partial charge in [0.05, 0.1) is 17.3 Å². The number of likely N-dealkylation sites (tertiary alicyclic amines) is 1. The van der Waals surface area contributed by atoms with Gasteiger partial charge in [-0.05, 0) is 30.9 Å². The van der Waals surface area contributed by atoms with E-state index in [0.717, 1.165) is 17.5 Å². The number of fused-ring (bicyclic) bond motifs is 1. The van der Waals surface area contributed by atoms with Gasteiger partial charge in [-0.3, -0.25) is 14.4 Å². The zero-order chi connectivity index (χ0) is 22.6. The van der Waals surface area contributed by atoms with Crippen molar-refractivity contribution >= 4 is 49.2 Å². The van der Waals surface area contributed by atoms with Crippen LogP contribution in [0, 0.1) is 5.92 Å². The van der Waals surface area contributed by atoms with Crippen LogP contribution in [0.1, 0.15) is 19.8 Å². The molecule has 0 unspecified atom stereocenters. The van der Waals surface area contributed by atoms with Crippen molar-refractivity contribution in [1.82, 2.24) is 9.47 Å². The van der Waals surface area contributed by atoms with Crippen LogP contribution in [0.15, 0.2) is 29.3 Å². The Kier molecular flexibility index (Phi) is 7.26. The Morgan fingerprint density at radius 2 is 1.84 bits per heavy atom. The number of para-hydroxylation sites is 1. The van der Waals surface area contributed by atoms with Crippen molar-refractivity contribution in [2.45, 2.75) is 26.3 Å². The van der Waals surface area contributed by atoms with Crippen molar-refractivity contribution in [2.75, 3.05) is 31.7 Å². The Balaban J connectivity index is 1.77. The van der Waals surface area contributed by atoms with Gasteiger partial charge in [0.2, 0.25) is 5.91 Å². The number of carbonyl (C=O) groups is 3. The van der Waals surface area contributed by atoms with Gasteiger partial charge >= 0.3 is 5.97 Å². The molecule has 1 saturated heterocycles. The summed E-state index contributed by atoms with van der Waals surface area (Å²) in [6.07, 6.45) is 1.68. The Hall–Kier alpha value is -2.53. The van der Waals surface area contributed by atoms with Gasteiger partial charge < -0.3 is 14.2 Å². The number of amides is 2. The highest BCUT2D eigenvalue weighted by Gasteiger charge is 2.26. The first-order chi connectivity index (χ1) is 14.7. The highest BCUT2D eigenvalue weighted by molar-refractivity contribution is 7.92. The molecule has 0 radical (unpaired) electrons. The normalized spacial score (nSPS) is 15.9. The number of piperidine rings is 1. The zero-order valence-corrected chi connectivity index (χ0v) is 19.1. The molecule has 1 aliphatic heterocycles. The lowest BCUT2D eigenvalue weighted by Gasteiger charge is -2.30. The molecule has 0 N–H and O–H groups in total. The predicted octanol–water partition coefficient (Wildman–Crippen LogP) is 0.976. The maximum Gasteiger partial charge on any atom is 0.325 e. The van der Waals surface area contributed by atoms with Gasteiger partial charge in [-0.1, -0.05) is 30.4 Å². The van der Waals surface area contributed by atoms with Gasteiger partial charge in [-0.25, -0.2) is 8.42 Å². The molecule has 0 aliphatic carbocycles. The molecule has 31 heavy (non-hydrogen) atoms. The highest BCUT2D eigenvalue weighted by atomic mass is 32.2. The fraction of sp³-hybridized carbons (Fsp3) is 0.500. The van der Waals surface area contributed by atoms with Crippen molar-refractivity contribution in [3.8, 4) is 0 Å². The summed E-state index contributed by atoms with van der Waals surface area (Å²) in [4.78, 5) is 42.2. The molecule has 2 amide bonds. The lowest BCUT2D eigenvalue weighted by molar-refractivity contribution is -0.141. The number of ether oxygens (including phenoxy) is 1. The summed E-state index contributed by atoms with van der Waals surface area (Å²) < 4.78 is 31.8. The van der Waals surface area contributed by atoms with E-state index in [4.69, 9.17) is 4.74 Å². The Bertz CT molecular complexity index is 1160. The lowest BCUT2D eigenvalue weighted by Crippen LogP contribution is -2.41. The minimum absolute atomic E-state index is 0.161. The summed E-state index contributed by atoms with van der Waals surface area (Å²) in [6.45, 7) is 3.00. The first kappa shape index (κ1) is 23.1. The molecular formula is C20H25N3O6S2. The number of benzene rings is 1. The van der Waals surface area contributed by atoms with Crippen LogP contribution in [0.2, 0.25) is 0 Å². The smallest absolute Gasteiger partial charge is 0.325 e. The maximum atomic E-state index is 12.4. The molecule has 1 aromatic carbocycles. The number of carbonyl (C=O) groups excluding carboxylic acids is 3. The number of thiazole rings is 1. The second-order valence-corrected chi connectivity index (χ2v) is 10.7. The molecule has 0 spiro atoms. The van der Waals surface area contributed by atoms with Crippen LogP contribution in [0.5, 0.6) is 0 Å². The van der Waals surface area contributed by atoms with Gasteiger partial charge in [0.1, 0.15) is 18.1 Å². The van der Waals surface area contributed by atoms with Crippen LogP contribution >= 0.6 is 11.3 Å². The molecule has 1 aliphatic rings. The quantitative estimate of drug-likeness (QED) is 0.585. The third-order valence-corrected chi connectivity index (χ3v) is 7.58. The van der Waals surface area contributed by atoms with E-state index in [1.807, 2.05) is 12.1 Å². The van der Waals surface area contributed by atoms with Gasteiger partial charge in [0, 0.05) is 13.1 Å². The molecule has 3 rings (SSSR count). The number of nitrogens with zero attached hydrogens (tertiary/aromatic N) is 3. The molecule has 2 aromatic rings. The van der Waals surface area contributed by atoms with E-state index in [2.05, 4.69) is 11.9 Å². The molecule has 168 valence electrons. The number of aromatic nitrogens is 1. The van der Waals surface area contributed by atoms with E-state index in [1.54, 1.807) is 12.1 Å². The molecule has 1 fully saturated rings. The summed E-state index contributed by atoms with van der Waals surface area (Å²) in [5.41, 5.74) is 0.682. The Morgan fingerprint density at radius 1 is 1.16 bits per heavy atom. The average Bonchev–Trinajstić information content (AvgIpc) is 3.04. The van der Waals surface area contributed by atoms with E-state index in [9.17, 15) is 22.8 Å². The molecular weight excluding hydrogens is 442 g/mol. The summed E-state index contributed by atoms with van der Waals surface area (Å²) >= 11 is 1.17. The minimum Gasteiger partial charge on any atom is -0.468 e. The third kappa shape index (κ3) is 6.01. The minimum atomic E-state index is -3.96. The number of hydrogen-bond donors (Lipinski definition) is 0. The molecule has 0 saturated carbocycles. The third-order valence-electron chi connectivity index (χ3n) is 5.15. The molecule has 9 nitrogen and oxygen atoms in total. The number of methoxy groups -OCH3 is 1. The fourth-order valence-corrected chi connectivity index (χ4v) is 5.52. The van der Waals surface area contributed by atoms with Crippen LogP contribution in [-0.2, 0) is 35.5 Å². The number of rotatable bonds is 6. The highest BCUT2D eigenvalue weighted by Crippen LogP contribution is 2.17. The maximum absolute atomic E-state index is 12.4. The number of hydrogen-bond acceptors (Lipinski definition) is 7. The second-order valence-electron chi connectivity index (χ2n) is 7.62. The average molecular weight is 468 g/mol. The molecule has 1 aromatic heterocycles. The number of esters is 1. The lowest BCUT2D eigenvalue weighted by atomic mass is 9.99. The Morgan fingerprint density at radius 3 is 2.52 bits per heavy atom. The predicted molar refractivity (Wildman–Crippen MR) is 116 cm³/mol. The van der Waals surface area contributed by atoms with Crippen molar-refractivity contribution in [2.24, 2.45) is 10.9 Å². The molecule has 0 bridgehead atoms. The standard InChI is InChI=1S/C20H25N3O6S2/c1-14-7-9-22(10-8-14)18(25)13-31(27,28)12-17(24)21-20-23(11-19(26)29-2)15-5-3-4-6-16(15)30-20/h3-6,14H,7-13H2,1-2H3. The first-order valence-electron chi connectivity index (χ1n) is 9.89. The van der Waals surface area contributed by atoms with Crippen LogP contribution in [0.3, 0.4) is 0 Å². The first-order valence-corrected chi connectivity index (χ1v) is 12.5. The van der Waals surface area contributed by atoms with E-state index < -0.39 is 39.1 Å². The largest absolute Gasteiger partial charge is 0.468 e. The topological polar surface area (TPSA) is 115 Å². The molecule has 0 atom stereocenters. The van der Waals surface area contributed by atoms with Crippen molar-refractivity contribution in [3.63, 3.8) is 0 Å². The molecule has 11 heteroatoms. The van der Waals surface area contributed by atoms with Crippen LogP contribution in [-0.4, -0.2) is 67.4 Å². The van der Waals surface area contributed by atoms with Crippen molar-refractivity contribution in [3.05, 3.63) is 29.1 Å². The van der Waals surface area contributed by atoms with Crippen LogP contribution < -0.4 is 4.80 Å².